The van der Waals surface area contributed by atoms with Crippen molar-refractivity contribution in [3.8, 4) is 0 Å². The summed E-state index contributed by atoms with van der Waals surface area (Å²) in [6.07, 6.45) is 5.86. The SMILES string of the molecule is NC1CCCc2nc(Cc3ccccc3Br)ncc21. The van der Waals surface area contributed by atoms with Crippen molar-refractivity contribution >= 4 is 15.9 Å². The molecule has 2 N–H and O–H groups in total. The molecule has 3 nitrogen and oxygen atoms in total. The molecule has 1 aromatic carbocycles. The smallest absolute Gasteiger partial charge is 0.132 e. The molecule has 0 saturated carbocycles. The van der Waals surface area contributed by atoms with Gasteiger partial charge in [-0.25, -0.2) is 9.97 Å². The summed E-state index contributed by atoms with van der Waals surface area (Å²) in [5.74, 6) is 0.875. The molecule has 2 aromatic rings. The Balaban J connectivity index is 1.89. The third-order valence-corrected chi connectivity index (χ3v) is 4.36. The van der Waals surface area contributed by atoms with E-state index in [9.17, 15) is 0 Å². The molecule has 0 fully saturated rings. The van der Waals surface area contributed by atoms with Crippen molar-refractivity contribution in [3.63, 3.8) is 0 Å². The van der Waals surface area contributed by atoms with E-state index in [1.165, 1.54) is 5.56 Å². The van der Waals surface area contributed by atoms with Gasteiger partial charge in [0.05, 0.1) is 0 Å². The molecule has 1 aliphatic carbocycles. The van der Waals surface area contributed by atoms with E-state index >= 15 is 0 Å². The van der Waals surface area contributed by atoms with Crippen LogP contribution in [0.5, 0.6) is 0 Å². The van der Waals surface area contributed by atoms with Crippen LogP contribution in [0.2, 0.25) is 0 Å². The number of nitrogens with two attached hydrogens (primary N) is 1. The van der Waals surface area contributed by atoms with Crippen LogP contribution in [-0.2, 0) is 12.8 Å². The summed E-state index contributed by atoms with van der Waals surface area (Å²) in [6, 6.07) is 8.30. The van der Waals surface area contributed by atoms with Crippen LogP contribution in [-0.4, -0.2) is 9.97 Å². The van der Waals surface area contributed by atoms with Crippen molar-refractivity contribution < 1.29 is 0 Å². The van der Waals surface area contributed by atoms with Crippen LogP contribution in [0.1, 0.15) is 41.5 Å². The first-order valence-corrected chi connectivity index (χ1v) is 7.37. The lowest BCUT2D eigenvalue weighted by Gasteiger charge is -2.21. The second kappa shape index (κ2) is 5.39. The van der Waals surface area contributed by atoms with Crippen LogP contribution >= 0.6 is 15.9 Å². The fraction of sp³-hybridized carbons (Fsp3) is 0.333. The van der Waals surface area contributed by atoms with E-state index in [1.807, 2.05) is 24.4 Å². The molecule has 1 aliphatic rings. The summed E-state index contributed by atoms with van der Waals surface area (Å²) < 4.78 is 1.10. The average molecular weight is 318 g/mol. The predicted molar refractivity (Wildman–Crippen MR) is 78.8 cm³/mol. The van der Waals surface area contributed by atoms with Gasteiger partial charge in [0.2, 0.25) is 0 Å². The Morgan fingerprint density at radius 1 is 1.32 bits per heavy atom. The van der Waals surface area contributed by atoms with Gasteiger partial charge in [0.25, 0.3) is 0 Å². The lowest BCUT2D eigenvalue weighted by molar-refractivity contribution is 0.553. The van der Waals surface area contributed by atoms with Crippen LogP contribution < -0.4 is 5.73 Å². The zero-order chi connectivity index (χ0) is 13.2. The first-order chi connectivity index (χ1) is 9.24. The van der Waals surface area contributed by atoms with E-state index in [0.717, 1.165) is 47.2 Å². The van der Waals surface area contributed by atoms with E-state index in [4.69, 9.17) is 5.73 Å². The first-order valence-electron chi connectivity index (χ1n) is 6.57. The summed E-state index contributed by atoms with van der Waals surface area (Å²) in [6.45, 7) is 0. The lowest BCUT2D eigenvalue weighted by atomic mass is 9.93. The van der Waals surface area contributed by atoms with Crippen LogP contribution in [0.25, 0.3) is 0 Å². The summed E-state index contributed by atoms with van der Waals surface area (Å²) in [7, 11) is 0. The van der Waals surface area contributed by atoms with E-state index in [2.05, 4.69) is 32.0 Å². The van der Waals surface area contributed by atoms with Gasteiger partial charge in [-0.2, -0.15) is 0 Å². The number of fused-ring (bicyclic) bond motifs is 1. The third kappa shape index (κ3) is 2.69. The summed E-state index contributed by atoms with van der Waals surface area (Å²) in [5, 5.41) is 0. The van der Waals surface area contributed by atoms with E-state index < -0.39 is 0 Å². The minimum Gasteiger partial charge on any atom is -0.324 e. The summed E-state index contributed by atoms with van der Waals surface area (Å²) in [4.78, 5) is 9.16. The highest BCUT2D eigenvalue weighted by molar-refractivity contribution is 9.10. The number of aromatic nitrogens is 2. The molecule has 0 amide bonds. The van der Waals surface area contributed by atoms with Crippen LogP contribution in [0.3, 0.4) is 0 Å². The number of nitrogens with zero attached hydrogens (tertiary/aromatic N) is 2. The van der Waals surface area contributed by atoms with Crippen molar-refractivity contribution in [1.29, 1.82) is 0 Å². The molecular weight excluding hydrogens is 302 g/mol. The van der Waals surface area contributed by atoms with Crippen molar-refractivity contribution in [3.05, 3.63) is 57.6 Å². The molecule has 0 bridgehead atoms. The topological polar surface area (TPSA) is 51.8 Å². The van der Waals surface area contributed by atoms with Gasteiger partial charge >= 0.3 is 0 Å². The maximum Gasteiger partial charge on any atom is 0.132 e. The Bertz CT molecular complexity index is 598. The summed E-state index contributed by atoms with van der Waals surface area (Å²) in [5.41, 5.74) is 9.56. The average Bonchev–Trinajstić information content (AvgIpc) is 2.42. The molecule has 98 valence electrons. The molecule has 1 heterocycles. The largest absolute Gasteiger partial charge is 0.324 e. The second-order valence-electron chi connectivity index (χ2n) is 4.96. The Morgan fingerprint density at radius 2 is 2.16 bits per heavy atom. The highest BCUT2D eigenvalue weighted by Gasteiger charge is 2.19. The number of hydrogen-bond donors (Lipinski definition) is 1. The Labute approximate surface area is 121 Å². The van der Waals surface area contributed by atoms with Gasteiger partial charge in [-0.3, -0.25) is 0 Å². The molecule has 0 radical (unpaired) electrons. The van der Waals surface area contributed by atoms with Crippen molar-refractivity contribution in [1.82, 2.24) is 9.97 Å². The maximum atomic E-state index is 6.09. The fourth-order valence-electron chi connectivity index (χ4n) is 2.52. The lowest BCUT2D eigenvalue weighted by Crippen LogP contribution is -2.19. The van der Waals surface area contributed by atoms with Gasteiger partial charge in [-0.15, -0.1) is 0 Å². The molecule has 19 heavy (non-hydrogen) atoms. The number of rotatable bonds is 2. The molecule has 1 aromatic heterocycles. The minimum absolute atomic E-state index is 0.112. The first kappa shape index (κ1) is 12.8. The van der Waals surface area contributed by atoms with Gasteiger partial charge in [-0.1, -0.05) is 34.1 Å². The quantitative estimate of drug-likeness (QED) is 0.925. The van der Waals surface area contributed by atoms with Crippen molar-refractivity contribution in [2.24, 2.45) is 5.73 Å². The van der Waals surface area contributed by atoms with E-state index in [-0.39, 0.29) is 6.04 Å². The normalized spacial score (nSPS) is 18.1. The van der Waals surface area contributed by atoms with Gasteiger partial charge in [-0.05, 0) is 30.9 Å². The van der Waals surface area contributed by atoms with Crippen molar-refractivity contribution in [2.75, 3.05) is 0 Å². The van der Waals surface area contributed by atoms with Crippen LogP contribution in [0, 0.1) is 0 Å². The van der Waals surface area contributed by atoms with Gasteiger partial charge in [0, 0.05) is 34.4 Å². The second-order valence-corrected chi connectivity index (χ2v) is 5.81. The minimum atomic E-state index is 0.112. The molecule has 4 heteroatoms. The maximum absolute atomic E-state index is 6.09. The van der Waals surface area contributed by atoms with Gasteiger partial charge < -0.3 is 5.73 Å². The Hall–Kier alpha value is -1.26. The standard InChI is InChI=1S/C15H16BrN3/c16-12-5-2-1-4-10(12)8-15-18-9-11-13(17)6-3-7-14(11)19-15/h1-2,4-5,9,13H,3,6-8,17H2. The van der Waals surface area contributed by atoms with E-state index in [0.29, 0.717) is 0 Å². The van der Waals surface area contributed by atoms with Crippen molar-refractivity contribution in [2.45, 2.75) is 31.7 Å². The molecule has 1 atom stereocenters. The number of hydrogen-bond acceptors (Lipinski definition) is 3. The monoisotopic (exact) mass is 317 g/mol. The molecule has 1 unspecified atom stereocenters. The molecule has 0 aliphatic heterocycles. The molecular formula is C15H16BrN3. The molecule has 0 spiro atoms. The number of halogens is 1. The fourth-order valence-corrected chi connectivity index (χ4v) is 2.94. The third-order valence-electron chi connectivity index (χ3n) is 3.58. The molecule has 3 rings (SSSR count). The van der Waals surface area contributed by atoms with Gasteiger partial charge in [0.15, 0.2) is 0 Å². The number of benzene rings is 1. The number of aryl methyl sites for hydroxylation is 1. The van der Waals surface area contributed by atoms with Gasteiger partial charge in [0.1, 0.15) is 5.82 Å². The zero-order valence-corrected chi connectivity index (χ0v) is 12.2. The zero-order valence-electron chi connectivity index (χ0n) is 10.6. The highest BCUT2D eigenvalue weighted by Crippen LogP contribution is 2.26. The van der Waals surface area contributed by atoms with Crippen LogP contribution in [0.15, 0.2) is 34.9 Å². The Morgan fingerprint density at radius 3 is 3.00 bits per heavy atom. The molecule has 0 saturated heterocycles. The van der Waals surface area contributed by atoms with E-state index in [1.54, 1.807) is 0 Å². The predicted octanol–water partition coefficient (Wildman–Crippen LogP) is 3.17. The highest BCUT2D eigenvalue weighted by atomic mass is 79.9. The summed E-state index contributed by atoms with van der Waals surface area (Å²) >= 11 is 3.56. The van der Waals surface area contributed by atoms with Crippen LogP contribution in [0.4, 0.5) is 0 Å². The Kier molecular flexibility index (Phi) is 3.62.